The number of rotatable bonds is 4. The molecule has 0 saturated carbocycles. The molecule has 0 atom stereocenters. The maximum absolute atomic E-state index is 11.9. The number of amides is 1. The molecule has 0 unspecified atom stereocenters. The summed E-state index contributed by atoms with van der Waals surface area (Å²) in [4.78, 5) is 26.6. The van der Waals surface area contributed by atoms with Crippen LogP contribution in [0.3, 0.4) is 0 Å². The molecular formula is C11H8ClN3O3S. The van der Waals surface area contributed by atoms with Gasteiger partial charge in [-0.2, -0.15) is 0 Å². The van der Waals surface area contributed by atoms with Gasteiger partial charge in [0.25, 0.3) is 11.6 Å². The molecule has 98 valence electrons. The van der Waals surface area contributed by atoms with Crippen molar-refractivity contribution >= 4 is 34.5 Å². The van der Waals surface area contributed by atoms with Crippen molar-refractivity contribution in [1.82, 2.24) is 10.3 Å². The van der Waals surface area contributed by atoms with Crippen LogP contribution in [0.25, 0.3) is 0 Å². The van der Waals surface area contributed by atoms with Gasteiger partial charge in [0.05, 0.1) is 11.5 Å². The molecule has 1 N–H and O–H groups in total. The predicted octanol–water partition coefficient (Wildman–Crippen LogP) is 2.63. The topological polar surface area (TPSA) is 85.1 Å². The molecular weight excluding hydrogens is 290 g/mol. The molecule has 2 heterocycles. The van der Waals surface area contributed by atoms with Crippen LogP contribution in [0.2, 0.25) is 5.15 Å². The van der Waals surface area contributed by atoms with Gasteiger partial charge in [-0.1, -0.05) is 17.7 Å². The SMILES string of the molecule is O=C(NCc1cccs1)c1cc(Cl)ncc1[N+](=O)[O-]. The number of nitrogens with zero attached hydrogens (tertiary/aromatic N) is 2. The van der Waals surface area contributed by atoms with E-state index in [1.807, 2.05) is 17.5 Å². The van der Waals surface area contributed by atoms with E-state index in [0.29, 0.717) is 6.54 Å². The van der Waals surface area contributed by atoms with Gasteiger partial charge in [0, 0.05) is 4.88 Å². The van der Waals surface area contributed by atoms with Crippen molar-refractivity contribution in [1.29, 1.82) is 0 Å². The Bertz CT molecular complexity index is 616. The van der Waals surface area contributed by atoms with Crippen LogP contribution < -0.4 is 5.32 Å². The van der Waals surface area contributed by atoms with Crippen molar-refractivity contribution in [2.45, 2.75) is 6.54 Å². The zero-order valence-corrected chi connectivity index (χ0v) is 11.1. The molecule has 1 amide bonds. The average molecular weight is 298 g/mol. The lowest BCUT2D eigenvalue weighted by Gasteiger charge is -2.04. The Morgan fingerprint density at radius 1 is 1.58 bits per heavy atom. The van der Waals surface area contributed by atoms with E-state index in [2.05, 4.69) is 10.3 Å². The number of pyridine rings is 1. The lowest BCUT2D eigenvalue weighted by atomic mass is 10.2. The Balaban J connectivity index is 2.18. The van der Waals surface area contributed by atoms with Crippen LogP contribution >= 0.6 is 22.9 Å². The molecule has 8 heteroatoms. The van der Waals surface area contributed by atoms with Gasteiger partial charge in [0.1, 0.15) is 16.9 Å². The van der Waals surface area contributed by atoms with Crippen LogP contribution in [0.4, 0.5) is 5.69 Å². The van der Waals surface area contributed by atoms with Crippen LogP contribution in [0.1, 0.15) is 15.2 Å². The Morgan fingerprint density at radius 3 is 3.00 bits per heavy atom. The lowest BCUT2D eigenvalue weighted by Crippen LogP contribution is -2.23. The normalized spacial score (nSPS) is 10.2. The quantitative estimate of drug-likeness (QED) is 0.534. The van der Waals surface area contributed by atoms with Crippen LogP contribution in [-0.4, -0.2) is 15.8 Å². The van der Waals surface area contributed by atoms with Gasteiger partial charge < -0.3 is 5.32 Å². The van der Waals surface area contributed by atoms with Gasteiger partial charge in [0.2, 0.25) is 0 Å². The van der Waals surface area contributed by atoms with Crippen molar-refractivity contribution in [3.63, 3.8) is 0 Å². The number of halogens is 1. The van der Waals surface area contributed by atoms with Crippen molar-refractivity contribution < 1.29 is 9.72 Å². The second-order valence-electron chi connectivity index (χ2n) is 3.54. The third kappa shape index (κ3) is 3.27. The Labute approximate surface area is 117 Å². The molecule has 0 fully saturated rings. The Morgan fingerprint density at radius 2 is 2.37 bits per heavy atom. The number of hydrogen-bond acceptors (Lipinski definition) is 5. The number of nitrogens with one attached hydrogen (secondary N) is 1. The zero-order valence-electron chi connectivity index (χ0n) is 9.50. The highest BCUT2D eigenvalue weighted by Crippen LogP contribution is 2.20. The molecule has 0 bridgehead atoms. The van der Waals surface area contributed by atoms with E-state index < -0.39 is 10.8 Å². The Hall–Kier alpha value is -1.99. The van der Waals surface area contributed by atoms with Crippen molar-refractivity contribution in [2.24, 2.45) is 0 Å². The minimum atomic E-state index is -0.663. The summed E-state index contributed by atoms with van der Waals surface area (Å²) < 4.78 is 0. The maximum atomic E-state index is 11.9. The monoisotopic (exact) mass is 297 g/mol. The second kappa shape index (κ2) is 5.77. The summed E-state index contributed by atoms with van der Waals surface area (Å²) in [6.45, 7) is 0.313. The molecule has 2 aromatic rings. The van der Waals surface area contributed by atoms with Gasteiger partial charge in [-0.05, 0) is 17.5 Å². The summed E-state index contributed by atoms with van der Waals surface area (Å²) in [5.41, 5.74) is -0.463. The average Bonchev–Trinajstić information content (AvgIpc) is 2.88. The van der Waals surface area contributed by atoms with Crippen molar-refractivity contribution in [2.75, 3.05) is 0 Å². The molecule has 19 heavy (non-hydrogen) atoms. The van der Waals surface area contributed by atoms with Gasteiger partial charge in [-0.3, -0.25) is 14.9 Å². The van der Waals surface area contributed by atoms with Gasteiger partial charge >= 0.3 is 0 Å². The van der Waals surface area contributed by atoms with Crippen LogP contribution in [0.5, 0.6) is 0 Å². The first kappa shape index (κ1) is 13.4. The summed E-state index contributed by atoms with van der Waals surface area (Å²) in [7, 11) is 0. The standard InChI is InChI=1S/C11H8ClN3O3S/c12-10-4-8(9(6-13-10)15(17)18)11(16)14-5-7-2-1-3-19-7/h1-4,6H,5H2,(H,14,16). The van der Waals surface area contributed by atoms with Crippen LogP contribution in [0, 0.1) is 10.1 Å². The highest BCUT2D eigenvalue weighted by atomic mass is 35.5. The molecule has 0 aliphatic rings. The summed E-state index contributed by atoms with van der Waals surface area (Å²) in [6.07, 6.45) is 0.975. The van der Waals surface area contributed by atoms with Crippen molar-refractivity contribution in [3.05, 3.63) is 55.5 Å². The van der Waals surface area contributed by atoms with E-state index in [1.54, 1.807) is 0 Å². The minimum Gasteiger partial charge on any atom is -0.347 e. The van der Waals surface area contributed by atoms with Gasteiger partial charge in [0.15, 0.2) is 0 Å². The fraction of sp³-hybridized carbons (Fsp3) is 0.0909. The molecule has 0 aromatic carbocycles. The minimum absolute atomic E-state index is 0.0341. The number of carbonyl (C=O) groups excluding carboxylic acids is 1. The number of nitro groups is 1. The predicted molar refractivity (Wildman–Crippen MR) is 71.4 cm³/mol. The number of carbonyl (C=O) groups is 1. The first-order valence-electron chi connectivity index (χ1n) is 5.18. The maximum Gasteiger partial charge on any atom is 0.300 e. The Kier molecular flexibility index (Phi) is 4.08. The number of thiophene rings is 1. The summed E-state index contributed by atoms with van der Waals surface area (Å²) >= 11 is 7.14. The smallest absolute Gasteiger partial charge is 0.300 e. The molecule has 0 saturated heterocycles. The zero-order chi connectivity index (χ0) is 13.8. The first-order chi connectivity index (χ1) is 9.08. The fourth-order valence-corrected chi connectivity index (χ4v) is 2.23. The van der Waals surface area contributed by atoms with E-state index in [4.69, 9.17) is 11.6 Å². The largest absolute Gasteiger partial charge is 0.347 e. The van der Waals surface area contributed by atoms with Crippen molar-refractivity contribution in [3.8, 4) is 0 Å². The van der Waals surface area contributed by atoms with E-state index in [9.17, 15) is 14.9 Å². The summed E-state index contributed by atoms with van der Waals surface area (Å²) in [6, 6.07) is 4.90. The number of aromatic nitrogens is 1. The second-order valence-corrected chi connectivity index (χ2v) is 4.96. The van der Waals surface area contributed by atoms with Gasteiger partial charge in [-0.25, -0.2) is 4.98 Å². The molecule has 0 spiro atoms. The third-order valence-electron chi connectivity index (χ3n) is 2.29. The van der Waals surface area contributed by atoms with E-state index in [0.717, 1.165) is 11.1 Å². The van der Waals surface area contributed by atoms with Gasteiger partial charge in [-0.15, -0.1) is 11.3 Å². The fourth-order valence-electron chi connectivity index (χ4n) is 1.43. The summed E-state index contributed by atoms with van der Waals surface area (Å²) in [5, 5.41) is 15.3. The van der Waals surface area contributed by atoms with Crippen LogP contribution in [-0.2, 0) is 6.54 Å². The summed E-state index contributed by atoms with van der Waals surface area (Å²) in [5.74, 6) is -0.551. The molecule has 6 nitrogen and oxygen atoms in total. The third-order valence-corrected chi connectivity index (χ3v) is 3.38. The molecule has 2 aromatic heterocycles. The van der Waals surface area contributed by atoms with E-state index >= 15 is 0 Å². The highest BCUT2D eigenvalue weighted by molar-refractivity contribution is 7.09. The molecule has 0 aliphatic heterocycles. The molecule has 2 rings (SSSR count). The van der Waals surface area contributed by atoms with Crippen LogP contribution in [0.15, 0.2) is 29.8 Å². The molecule has 0 aliphatic carbocycles. The number of hydrogen-bond donors (Lipinski definition) is 1. The van der Waals surface area contributed by atoms with E-state index in [1.165, 1.54) is 17.4 Å². The highest BCUT2D eigenvalue weighted by Gasteiger charge is 2.21. The lowest BCUT2D eigenvalue weighted by molar-refractivity contribution is -0.385. The molecule has 0 radical (unpaired) electrons. The van der Waals surface area contributed by atoms with E-state index in [-0.39, 0.29) is 16.4 Å². The first-order valence-corrected chi connectivity index (χ1v) is 6.44.